The molecule has 0 aromatic heterocycles. The second kappa shape index (κ2) is 2.63. The van der Waals surface area contributed by atoms with E-state index in [9.17, 15) is 0 Å². The fourth-order valence-electron chi connectivity index (χ4n) is 4.06. The van der Waals surface area contributed by atoms with Crippen LogP contribution in [0.15, 0.2) is 12.2 Å². The van der Waals surface area contributed by atoms with E-state index in [-0.39, 0.29) is 0 Å². The van der Waals surface area contributed by atoms with Crippen molar-refractivity contribution in [3.63, 3.8) is 0 Å². The van der Waals surface area contributed by atoms with Gasteiger partial charge in [-0.05, 0) is 55.8 Å². The summed E-state index contributed by atoms with van der Waals surface area (Å²) < 4.78 is 0. The minimum absolute atomic E-state index is 0.848. The lowest BCUT2D eigenvalue weighted by atomic mass is 9.71. The maximum Gasteiger partial charge on any atom is 0.0138 e. The van der Waals surface area contributed by atoms with E-state index in [1.807, 2.05) is 0 Å². The molecule has 0 radical (unpaired) electrons. The van der Waals surface area contributed by atoms with Crippen molar-refractivity contribution in [3.8, 4) is 0 Å². The molecule has 4 aliphatic carbocycles. The molecule has 3 fully saturated rings. The average Bonchev–Trinajstić information content (AvgIpc) is 2.60. The average molecular weight is 189 g/mol. The van der Waals surface area contributed by atoms with Crippen molar-refractivity contribution in [3.05, 3.63) is 12.2 Å². The highest BCUT2D eigenvalue weighted by Gasteiger charge is 2.48. The Morgan fingerprint density at radius 1 is 0.929 bits per heavy atom. The zero-order valence-electron chi connectivity index (χ0n) is 8.65. The molecule has 76 valence electrons. The maximum atomic E-state index is 3.90. The number of rotatable bonds is 2. The highest BCUT2D eigenvalue weighted by Crippen LogP contribution is 2.52. The van der Waals surface area contributed by atoms with Crippen molar-refractivity contribution in [1.82, 2.24) is 5.32 Å². The second-order valence-electron chi connectivity index (χ2n) is 5.93. The van der Waals surface area contributed by atoms with Gasteiger partial charge in [0.05, 0.1) is 0 Å². The van der Waals surface area contributed by atoms with Gasteiger partial charge in [0, 0.05) is 12.1 Å². The molecule has 0 heterocycles. The summed E-state index contributed by atoms with van der Waals surface area (Å²) in [5.74, 6) is 4.18. The van der Waals surface area contributed by atoms with E-state index in [0.29, 0.717) is 0 Å². The Kier molecular flexibility index (Phi) is 1.49. The summed E-state index contributed by atoms with van der Waals surface area (Å²) in [7, 11) is 0. The van der Waals surface area contributed by atoms with Gasteiger partial charge in [-0.3, -0.25) is 0 Å². The highest BCUT2D eigenvalue weighted by molar-refractivity contribution is 5.14. The molecule has 0 aromatic rings. The molecule has 0 saturated heterocycles. The van der Waals surface area contributed by atoms with E-state index in [2.05, 4.69) is 17.5 Å². The van der Waals surface area contributed by atoms with E-state index in [4.69, 9.17) is 0 Å². The van der Waals surface area contributed by atoms with Crippen LogP contribution < -0.4 is 5.32 Å². The van der Waals surface area contributed by atoms with Crippen LogP contribution in [0.5, 0.6) is 0 Å². The van der Waals surface area contributed by atoms with Crippen molar-refractivity contribution in [1.29, 1.82) is 0 Å². The minimum Gasteiger partial charge on any atom is -0.311 e. The molecule has 4 rings (SSSR count). The molecule has 3 saturated carbocycles. The molecule has 0 spiro atoms. The number of hydrogen-bond acceptors (Lipinski definition) is 1. The van der Waals surface area contributed by atoms with Crippen molar-refractivity contribution in [2.75, 3.05) is 0 Å². The standard InChI is InChI=1S/C13H19N/c1-2-8-7-13(12(8)3-1)14-11-5-9-4-10(9)6-11/h1,3,8-14H,2,4-7H2. The van der Waals surface area contributed by atoms with E-state index < -0.39 is 0 Å². The van der Waals surface area contributed by atoms with Gasteiger partial charge >= 0.3 is 0 Å². The third-order valence-corrected chi connectivity index (χ3v) is 5.06. The van der Waals surface area contributed by atoms with Gasteiger partial charge in [0.2, 0.25) is 0 Å². The van der Waals surface area contributed by atoms with E-state index in [0.717, 1.165) is 35.8 Å². The number of fused-ring (bicyclic) bond motifs is 2. The predicted octanol–water partition coefficient (Wildman–Crippen LogP) is 2.34. The van der Waals surface area contributed by atoms with Gasteiger partial charge in [0.25, 0.3) is 0 Å². The minimum atomic E-state index is 0.848. The normalized spacial score (nSPS) is 58.0. The Labute approximate surface area is 86.0 Å². The molecule has 14 heavy (non-hydrogen) atoms. The Balaban J connectivity index is 1.35. The summed E-state index contributed by atoms with van der Waals surface area (Å²) >= 11 is 0. The molecule has 5 unspecified atom stereocenters. The Bertz CT molecular complexity index is 273. The maximum absolute atomic E-state index is 3.90. The SMILES string of the molecule is C1=CC2C(C1)CC2NC1CC2CC2C1. The van der Waals surface area contributed by atoms with Crippen molar-refractivity contribution >= 4 is 0 Å². The fraction of sp³-hybridized carbons (Fsp3) is 0.846. The monoisotopic (exact) mass is 189 g/mol. The lowest BCUT2D eigenvalue weighted by molar-refractivity contribution is 0.148. The summed E-state index contributed by atoms with van der Waals surface area (Å²) in [6.07, 6.45) is 12.2. The molecule has 0 aliphatic heterocycles. The van der Waals surface area contributed by atoms with E-state index in [1.54, 1.807) is 6.42 Å². The van der Waals surface area contributed by atoms with Gasteiger partial charge < -0.3 is 5.32 Å². The molecule has 5 atom stereocenters. The van der Waals surface area contributed by atoms with Crippen LogP contribution in [0.25, 0.3) is 0 Å². The fourth-order valence-corrected chi connectivity index (χ4v) is 4.06. The topological polar surface area (TPSA) is 12.0 Å². The van der Waals surface area contributed by atoms with E-state index in [1.165, 1.54) is 25.7 Å². The van der Waals surface area contributed by atoms with Gasteiger partial charge in [-0.15, -0.1) is 0 Å². The van der Waals surface area contributed by atoms with Crippen LogP contribution in [0.2, 0.25) is 0 Å². The van der Waals surface area contributed by atoms with E-state index >= 15 is 0 Å². The van der Waals surface area contributed by atoms with Gasteiger partial charge in [-0.1, -0.05) is 12.2 Å². The van der Waals surface area contributed by atoms with Crippen LogP contribution in [0.3, 0.4) is 0 Å². The third kappa shape index (κ3) is 1.05. The Morgan fingerprint density at radius 3 is 2.57 bits per heavy atom. The molecule has 0 amide bonds. The first-order valence-electron chi connectivity index (χ1n) is 6.33. The first kappa shape index (κ1) is 7.92. The zero-order chi connectivity index (χ0) is 9.12. The predicted molar refractivity (Wildman–Crippen MR) is 56.9 cm³/mol. The van der Waals surface area contributed by atoms with Crippen LogP contribution in [0.1, 0.15) is 32.1 Å². The molecule has 0 bridgehead atoms. The third-order valence-electron chi connectivity index (χ3n) is 5.06. The Morgan fingerprint density at radius 2 is 1.79 bits per heavy atom. The first-order valence-corrected chi connectivity index (χ1v) is 6.33. The van der Waals surface area contributed by atoms with Gasteiger partial charge in [0.15, 0.2) is 0 Å². The first-order chi connectivity index (χ1) is 6.90. The number of hydrogen-bond donors (Lipinski definition) is 1. The lowest BCUT2D eigenvalue weighted by Gasteiger charge is -2.42. The van der Waals surface area contributed by atoms with Crippen molar-refractivity contribution in [2.45, 2.75) is 44.2 Å². The quantitative estimate of drug-likeness (QED) is 0.657. The summed E-state index contributed by atoms with van der Waals surface area (Å²) in [5.41, 5.74) is 0. The lowest BCUT2D eigenvalue weighted by Crippen LogP contribution is -2.51. The number of nitrogens with one attached hydrogen (secondary N) is 1. The van der Waals surface area contributed by atoms with Crippen molar-refractivity contribution < 1.29 is 0 Å². The van der Waals surface area contributed by atoms with Gasteiger partial charge in [-0.2, -0.15) is 0 Å². The van der Waals surface area contributed by atoms with Gasteiger partial charge in [0.1, 0.15) is 0 Å². The summed E-state index contributed by atoms with van der Waals surface area (Å²) in [5, 5.41) is 3.90. The van der Waals surface area contributed by atoms with Crippen LogP contribution in [0, 0.1) is 23.7 Å². The molecule has 4 aliphatic rings. The Hall–Kier alpha value is -0.300. The molecular weight excluding hydrogens is 170 g/mol. The van der Waals surface area contributed by atoms with Gasteiger partial charge in [-0.25, -0.2) is 0 Å². The van der Waals surface area contributed by atoms with Crippen molar-refractivity contribution in [2.24, 2.45) is 23.7 Å². The van der Waals surface area contributed by atoms with Crippen LogP contribution >= 0.6 is 0 Å². The summed E-state index contributed by atoms with van der Waals surface area (Å²) in [4.78, 5) is 0. The zero-order valence-corrected chi connectivity index (χ0v) is 8.65. The smallest absolute Gasteiger partial charge is 0.0138 e. The second-order valence-corrected chi connectivity index (χ2v) is 5.93. The molecule has 0 aromatic carbocycles. The summed E-state index contributed by atoms with van der Waals surface area (Å²) in [6.45, 7) is 0. The summed E-state index contributed by atoms with van der Waals surface area (Å²) in [6, 6.07) is 1.74. The molecular formula is C13H19N. The molecule has 1 N–H and O–H groups in total. The molecule has 1 nitrogen and oxygen atoms in total. The van der Waals surface area contributed by atoms with Crippen LogP contribution in [-0.2, 0) is 0 Å². The molecule has 1 heteroatoms. The van der Waals surface area contributed by atoms with Crippen LogP contribution in [-0.4, -0.2) is 12.1 Å². The van der Waals surface area contributed by atoms with Crippen LogP contribution in [0.4, 0.5) is 0 Å². The largest absolute Gasteiger partial charge is 0.311 e. The highest BCUT2D eigenvalue weighted by atomic mass is 15.0. The number of allylic oxidation sites excluding steroid dienone is 1.